The number of rotatable bonds is 6. The molecule has 32 heavy (non-hydrogen) atoms. The zero-order chi connectivity index (χ0) is 22.5. The summed E-state index contributed by atoms with van der Waals surface area (Å²) in [5.74, 6) is 1.34. The molecule has 1 aliphatic rings. The molecule has 0 aliphatic carbocycles. The van der Waals surface area contributed by atoms with Crippen molar-refractivity contribution in [2.45, 2.75) is 13.8 Å². The van der Waals surface area contributed by atoms with Gasteiger partial charge in [-0.25, -0.2) is 0 Å². The summed E-state index contributed by atoms with van der Waals surface area (Å²) in [7, 11) is 0. The van der Waals surface area contributed by atoms with Crippen LogP contribution in [0.5, 0.6) is 5.75 Å². The Kier molecular flexibility index (Phi) is 6.44. The number of hydrogen-bond acceptors (Lipinski definition) is 6. The fourth-order valence-corrected chi connectivity index (χ4v) is 3.71. The van der Waals surface area contributed by atoms with Gasteiger partial charge in [0.15, 0.2) is 18.2 Å². The molecule has 7 heteroatoms. The molecule has 7 nitrogen and oxygen atoms in total. The van der Waals surface area contributed by atoms with E-state index < -0.39 is 0 Å². The highest BCUT2D eigenvalue weighted by Gasteiger charge is 2.22. The number of Topliss-reactive ketones (excluding diaryl/α,β-unsaturated/α-hetero) is 1. The zero-order valence-corrected chi connectivity index (χ0v) is 18.3. The summed E-state index contributed by atoms with van der Waals surface area (Å²) in [6.45, 7) is 6.15. The van der Waals surface area contributed by atoms with E-state index in [9.17, 15) is 9.59 Å². The van der Waals surface area contributed by atoms with Crippen molar-refractivity contribution < 1.29 is 14.3 Å². The number of ketones is 1. The molecule has 2 heterocycles. The summed E-state index contributed by atoms with van der Waals surface area (Å²) < 4.78 is 5.59. The highest BCUT2D eigenvalue weighted by atomic mass is 16.5. The zero-order valence-electron chi connectivity index (χ0n) is 18.3. The molecule has 1 saturated heterocycles. The molecule has 1 aliphatic heterocycles. The smallest absolute Gasteiger partial charge is 0.260 e. The van der Waals surface area contributed by atoms with Crippen LogP contribution in [0.15, 0.2) is 60.7 Å². The average molecular weight is 431 g/mol. The summed E-state index contributed by atoms with van der Waals surface area (Å²) >= 11 is 0. The number of piperazine rings is 1. The van der Waals surface area contributed by atoms with Crippen LogP contribution in [0.25, 0.3) is 11.3 Å². The third-order valence-electron chi connectivity index (χ3n) is 5.65. The predicted octanol–water partition coefficient (Wildman–Crippen LogP) is 3.38. The molecule has 1 aromatic heterocycles. The first-order valence-electron chi connectivity index (χ1n) is 10.7. The summed E-state index contributed by atoms with van der Waals surface area (Å²) in [6.07, 6.45) is 0. The number of anilines is 1. The summed E-state index contributed by atoms with van der Waals surface area (Å²) in [5.41, 5.74) is 3.72. The second kappa shape index (κ2) is 9.60. The highest BCUT2D eigenvalue weighted by molar-refractivity contribution is 5.94. The topological polar surface area (TPSA) is 75.6 Å². The molecule has 1 amide bonds. The lowest BCUT2D eigenvalue weighted by Crippen LogP contribution is -2.50. The number of aryl methyl sites for hydroxylation is 1. The molecular formula is C25H26N4O3. The third kappa shape index (κ3) is 4.94. The Labute approximate surface area is 187 Å². The van der Waals surface area contributed by atoms with Gasteiger partial charge in [-0.1, -0.05) is 24.3 Å². The van der Waals surface area contributed by atoms with Crippen molar-refractivity contribution in [2.75, 3.05) is 37.7 Å². The highest BCUT2D eigenvalue weighted by Crippen LogP contribution is 2.22. The van der Waals surface area contributed by atoms with Gasteiger partial charge in [0.1, 0.15) is 5.75 Å². The maximum absolute atomic E-state index is 12.5. The van der Waals surface area contributed by atoms with E-state index in [0.717, 1.165) is 17.1 Å². The van der Waals surface area contributed by atoms with Gasteiger partial charge in [0.25, 0.3) is 5.91 Å². The molecule has 0 radical (unpaired) electrons. The number of aromatic nitrogens is 2. The standard InChI is InChI=1S/C25H26N4O3/c1-18-5-3-4-6-22(18)23-11-12-24(27-26-23)28-13-15-29(16-14-28)25(31)17-32-21-9-7-20(8-10-21)19(2)30/h3-12H,13-17H2,1-2H3. The quantitative estimate of drug-likeness (QED) is 0.558. The number of nitrogens with zero attached hydrogens (tertiary/aromatic N) is 4. The summed E-state index contributed by atoms with van der Waals surface area (Å²) in [4.78, 5) is 27.8. The first-order valence-corrected chi connectivity index (χ1v) is 10.7. The van der Waals surface area contributed by atoms with E-state index in [1.807, 2.05) is 30.3 Å². The first kappa shape index (κ1) is 21.5. The fraction of sp³-hybridized carbons (Fsp3) is 0.280. The van der Waals surface area contributed by atoms with E-state index in [1.54, 1.807) is 29.2 Å². The van der Waals surface area contributed by atoms with Crippen LogP contribution in [-0.2, 0) is 4.79 Å². The minimum atomic E-state index is -0.0544. The summed E-state index contributed by atoms with van der Waals surface area (Å²) in [5, 5.41) is 8.81. The monoisotopic (exact) mass is 430 g/mol. The molecule has 164 valence electrons. The van der Waals surface area contributed by atoms with Crippen molar-refractivity contribution in [1.29, 1.82) is 0 Å². The Bertz CT molecular complexity index is 1090. The van der Waals surface area contributed by atoms with Gasteiger partial charge in [-0.2, -0.15) is 0 Å². The molecule has 0 bridgehead atoms. The van der Waals surface area contributed by atoms with Gasteiger partial charge >= 0.3 is 0 Å². The Hall–Kier alpha value is -3.74. The Balaban J connectivity index is 1.28. The van der Waals surface area contributed by atoms with Gasteiger partial charge in [-0.05, 0) is 55.8 Å². The molecule has 2 aromatic carbocycles. The molecule has 0 unspecified atom stereocenters. The van der Waals surface area contributed by atoms with Crippen LogP contribution >= 0.6 is 0 Å². The van der Waals surface area contributed by atoms with Crippen LogP contribution < -0.4 is 9.64 Å². The number of ether oxygens (including phenoxy) is 1. The SMILES string of the molecule is CC(=O)c1ccc(OCC(=O)N2CCN(c3ccc(-c4ccccc4C)nn3)CC2)cc1. The van der Waals surface area contributed by atoms with E-state index in [1.165, 1.54) is 12.5 Å². The predicted molar refractivity (Wildman–Crippen MR) is 123 cm³/mol. The van der Waals surface area contributed by atoms with E-state index >= 15 is 0 Å². The molecule has 0 spiro atoms. The molecular weight excluding hydrogens is 404 g/mol. The van der Waals surface area contributed by atoms with Crippen molar-refractivity contribution in [3.8, 4) is 17.0 Å². The van der Waals surface area contributed by atoms with Crippen LogP contribution in [0, 0.1) is 6.92 Å². The minimum absolute atomic E-state index is 0.00000615. The normalized spacial score (nSPS) is 13.7. The van der Waals surface area contributed by atoms with Crippen molar-refractivity contribution in [3.63, 3.8) is 0 Å². The van der Waals surface area contributed by atoms with E-state index in [0.29, 0.717) is 37.5 Å². The minimum Gasteiger partial charge on any atom is -0.484 e. The van der Waals surface area contributed by atoms with Crippen LogP contribution in [0.1, 0.15) is 22.8 Å². The average Bonchev–Trinajstić information content (AvgIpc) is 2.83. The van der Waals surface area contributed by atoms with Crippen LogP contribution in [0.3, 0.4) is 0 Å². The fourth-order valence-electron chi connectivity index (χ4n) is 3.71. The van der Waals surface area contributed by atoms with Gasteiger partial charge in [0.05, 0.1) is 5.69 Å². The Morgan fingerprint density at radius 2 is 1.62 bits per heavy atom. The van der Waals surface area contributed by atoms with Crippen molar-refractivity contribution in [3.05, 3.63) is 71.8 Å². The van der Waals surface area contributed by atoms with Crippen molar-refractivity contribution in [1.82, 2.24) is 15.1 Å². The second-order valence-corrected chi connectivity index (χ2v) is 7.83. The van der Waals surface area contributed by atoms with Gasteiger partial charge < -0.3 is 14.5 Å². The molecule has 4 rings (SSSR count). The lowest BCUT2D eigenvalue weighted by Gasteiger charge is -2.35. The van der Waals surface area contributed by atoms with Crippen LogP contribution in [-0.4, -0.2) is 59.6 Å². The lowest BCUT2D eigenvalue weighted by atomic mass is 10.1. The third-order valence-corrected chi connectivity index (χ3v) is 5.65. The molecule has 0 saturated carbocycles. The number of carbonyl (C=O) groups is 2. The van der Waals surface area contributed by atoms with Gasteiger partial charge in [-0.15, -0.1) is 10.2 Å². The van der Waals surface area contributed by atoms with E-state index in [2.05, 4.69) is 28.1 Å². The molecule has 3 aromatic rings. The maximum Gasteiger partial charge on any atom is 0.260 e. The van der Waals surface area contributed by atoms with Gasteiger partial charge in [0, 0.05) is 37.3 Å². The number of carbonyl (C=O) groups excluding carboxylic acids is 2. The largest absolute Gasteiger partial charge is 0.484 e. The summed E-state index contributed by atoms with van der Waals surface area (Å²) in [6, 6.07) is 18.9. The van der Waals surface area contributed by atoms with Gasteiger partial charge in [0.2, 0.25) is 0 Å². The van der Waals surface area contributed by atoms with Crippen molar-refractivity contribution in [2.24, 2.45) is 0 Å². The molecule has 1 fully saturated rings. The molecule has 0 atom stereocenters. The van der Waals surface area contributed by atoms with Crippen LogP contribution in [0.2, 0.25) is 0 Å². The Morgan fingerprint density at radius 1 is 0.906 bits per heavy atom. The number of benzene rings is 2. The second-order valence-electron chi connectivity index (χ2n) is 7.83. The van der Waals surface area contributed by atoms with Crippen LogP contribution in [0.4, 0.5) is 5.82 Å². The maximum atomic E-state index is 12.5. The Morgan fingerprint density at radius 3 is 2.25 bits per heavy atom. The number of hydrogen-bond donors (Lipinski definition) is 0. The molecule has 0 N–H and O–H groups in total. The van der Waals surface area contributed by atoms with Crippen molar-refractivity contribution >= 4 is 17.5 Å². The van der Waals surface area contributed by atoms with E-state index in [4.69, 9.17) is 4.74 Å². The first-order chi connectivity index (χ1) is 15.5. The van der Waals surface area contributed by atoms with Gasteiger partial charge in [-0.3, -0.25) is 9.59 Å². The number of amides is 1. The van der Waals surface area contributed by atoms with E-state index in [-0.39, 0.29) is 18.3 Å². The lowest BCUT2D eigenvalue weighted by molar-refractivity contribution is -0.133.